The molecule has 2 aromatic rings. The molecule has 0 radical (unpaired) electrons. The van der Waals surface area contributed by atoms with Crippen LogP contribution in [0, 0.1) is 6.92 Å². The lowest BCUT2D eigenvalue weighted by Gasteiger charge is -2.19. The van der Waals surface area contributed by atoms with Crippen molar-refractivity contribution < 1.29 is 14.3 Å². The monoisotopic (exact) mass is 344 g/mol. The largest absolute Gasteiger partial charge is 0.444 e. The number of hydrogen-bond acceptors (Lipinski definition) is 4. The molecule has 0 saturated heterocycles. The van der Waals surface area contributed by atoms with Crippen LogP contribution in [0.4, 0.5) is 4.79 Å². The average Bonchev–Trinajstić information content (AvgIpc) is 2.94. The van der Waals surface area contributed by atoms with Crippen molar-refractivity contribution in [1.29, 1.82) is 0 Å². The first-order chi connectivity index (χ1) is 11.7. The number of nitrogens with one attached hydrogen (secondary N) is 1. The Hall–Kier alpha value is -2.83. The van der Waals surface area contributed by atoms with Crippen LogP contribution in [0.5, 0.6) is 0 Å². The number of nitrogens with zero attached hydrogens (tertiary/aromatic N) is 2. The van der Waals surface area contributed by atoms with Crippen molar-refractivity contribution in [2.45, 2.75) is 39.8 Å². The zero-order chi connectivity index (χ0) is 18.6. The van der Waals surface area contributed by atoms with Gasteiger partial charge in [0.25, 0.3) is 0 Å². The number of carbonyl (C=O) groups is 2. The second-order valence-electron chi connectivity index (χ2n) is 6.81. The molecular formula is C18H24N4O3. The van der Waals surface area contributed by atoms with Crippen molar-refractivity contribution in [3.05, 3.63) is 41.7 Å². The minimum absolute atomic E-state index is 0.399. The first-order valence-electron chi connectivity index (χ1n) is 8.06. The van der Waals surface area contributed by atoms with Crippen LogP contribution in [-0.2, 0) is 11.3 Å². The van der Waals surface area contributed by atoms with E-state index >= 15 is 0 Å². The van der Waals surface area contributed by atoms with Gasteiger partial charge in [-0.3, -0.25) is 9.48 Å². The van der Waals surface area contributed by atoms with E-state index in [0.717, 1.165) is 16.7 Å². The van der Waals surface area contributed by atoms with Crippen molar-refractivity contribution in [1.82, 2.24) is 15.1 Å². The summed E-state index contributed by atoms with van der Waals surface area (Å²) in [6.07, 6.45) is 3.11. The summed E-state index contributed by atoms with van der Waals surface area (Å²) >= 11 is 0. The van der Waals surface area contributed by atoms with Gasteiger partial charge in [0.1, 0.15) is 5.60 Å². The summed E-state index contributed by atoms with van der Waals surface area (Å²) in [7, 11) is 0. The number of aryl methyl sites for hydroxylation is 1. The van der Waals surface area contributed by atoms with E-state index < -0.39 is 17.6 Å². The number of amides is 2. The third kappa shape index (κ3) is 5.34. The molecule has 7 nitrogen and oxygen atoms in total. The molecular weight excluding hydrogens is 320 g/mol. The highest BCUT2D eigenvalue weighted by Crippen LogP contribution is 2.21. The van der Waals surface area contributed by atoms with E-state index in [1.165, 1.54) is 0 Å². The van der Waals surface area contributed by atoms with Gasteiger partial charge in [0.2, 0.25) is 5.91 Å². The molecule has 0 saturated carbocycles. The maximum atomic E-state index is 11.6. The normalized spacial score (nSPS) is 11.2. The standard InChI is InChI=1S/C18H24N4O3/c1-12-5-6-13(9-15(12)16(19)23)14-10-21-22(11-14)8-7-20-17(24)25-18(2,3)4/h5-6,9-11H,7-8H2,1-4H3,(H2,19,23)(H,20,24). The van der Waals surface area contributed by atoms with Crippen LogP contribution in [0.15, 0.2) is 30.6 Å². The van der Waals surface area contributed by atoms with Gasteiger partial charge in [-0.2, -0.15) is 5.10 Å². The molecule has 0 bridgehead atoms. The average molecular weight is 344 g/mol. The fourth-order valence-corrected chi connectivity index (χ4v) is 2.29. The molecule has 7 heteroatoms. The quantitative estimate of drug-likeness (QED) is 0.870. The lowest BCUT2D eigenvalue weighted by atomic mass is 10.0. The summed E-state index contributed by atoms with van der Waals surface area (Å²) in [6, 6.07) is 5.54. The Morgan fingerprint density at radius 3 is 2.64 bits per heavy atom. The summed E-state index contributed by atoms with van der Waals surface area (Å²) in [4.78, 5) is 23.1. The number of hydrogen-bond donors (Lipinski definition) is 2. The van der Waals surface area contributed by atoms with Crippen LogP contribution in [0.25, 0.3) is 11.1 Å². The minimum Gasteiger partial charge on any atom is -0.444 e. The first kappa shape index (κ1) is 18.5. The topological polar surface area (TPSA) is 99.2 Å². The van der Waals surface area contributed by atoms with E-state index in [2.05, 4.69) is 10.4 Å². The van der Waals surface area contributed by atoms with Gasteiger partial charge >= 0.3 is 6.09 Å². The summed E-state index contributed by atoms with van der Waals surface area (Å²) in [5.41, 5.74) is 7.95. The van der Waals surface area contributed by atoms with Gasteiger partial charge in [0.15, 0.2) is 0 Å². The number of aromatic nitrogens is 2. The third-order valence-corrected chi connectivity index (χ3v) is 3.48. The van der Waals surface area contributed by atoms with Crippen LogP contribution in [-0.4, -0.2) is 33.9 Å². The van der Waals surface area contributed by atoms with Gasteiger partial charge in [0, 0.05) is 23.9 Å². The number of benzene rings is 1. The third-order valence-electron chi connectivity index (χ3n) is 3.48. The van der Waals surface area contributed by atoms with Crippen molar-refractivity contribution in [2.24, 2.45) is 5.73 Å². The van der Waals surface area contributed by atoms with Crippen LogP contribution in [0.1, 0.15) is 36.7 Å². The molecule has 134 valence electrons. The molecule has 0 aliphatic carbocycles. The Balaban J connectivity index is 1.98. The highest BCUT2D eigenvalue weighted by Gasteiger charge is 2.15. The fourth-order valence-electron chi connectivity index (χ4n) is 2.29. The summed E-state index contributed by atoms with van der Waals surface area (Å²) in [5.74, 6) is -0.451. The Kier molecular flexibility index (Phi) is 5.46. The number of primary amides is 1. The maximum Gasteiger partial charge on any atom is 0.407 e. The van der Waals surface area contributed by atoms with Gasteiger partial charge in [-0.25, -0.2) is 4.79 Å². The van der Waals surface area contributed by atoms with Crippen molar-refractivity contribution >= 4 is 12.0 Å². The number of alkyl carbamates (subject to hydrolysis) is 1. The van der Waals surface area contributed by atoms with Crippen molar-refractivity contribution in [2.75, 3.05) is 6.54 Å². The predicted molar refractivity (Wildman–Crippen MR) is 95.2 cm³/mol. The number of nitrogens with two attached hydrogens (primary N) is 1. The molecule has 3 N–H and O–H groups in total. The lowest BCUT2D eigenvalue weighted by Crippen LogP contribution is -2.34. The fraction of sp³-hybridized carbons (Fsp3) is 0.389. The zero-order valence-electron chi connectivity index (χ0n) is 15.0. The van der Waals surface area contributed by atoms with E-state index in [0.29, 0.717) is 18.7 Å². The highest BCUT2D eigenvalue weighted by atomic mass is 16.6. The minimum atomic E-state index is -0.521. The molecule has 1 aromatic heterocycles. The van der Waals surface area contributed by atoms with E-state index in [1.807, 2.05) is 46.0 Å². The van der Waals surface area contributed by atoms with Gasteiger partial charge < -0.3 is 15.8 Å². The Morgan fingerprint density at radius 1 is 1.28 bits per heavy atom. The van der Waals surface area contributed by atoms with Gasteiger partial charge in [0.05, 0.1) is 12.7 Å². The Morgan fingerprint density at radius 2 is 2.00 bits per heavy atom. The molecule has 0 spiro atoms. The molecule has 1 heterocycles. The van der Waals surface area contributed by atoms with Gasteiger partial charge in [-0.15, -0.1) is 0 Å². The SMILES string of the molecule is Cc1ccc(-c2cnn(CCNC(=O)OC(C)(C)C)c2)cc1C(N)=O. The molecule has 0 atom stereocenters. The van der Waals surface area contributed by atoms with Gasteiger partial charge in [-0.05, 0) is 44.9 Å². The van der Waals surface area contributed by atoms with Gasteiger partial charge in [-0.1, -0.05) is 12.1 Å². The lowest BCUT2D eigenvalue weighted by molar-refractivity contribution is 0.0525. The first-order valence-corrected chi connectivity index (χ1v) is 8.06. The molecule has 2 amide bonds. The maximum absolute atomic E-state index is 11.6. The summed E-state index contributed by atoms with van der Waals surface area (Å²) in [6.45, 7) is 8.19. The second kappa shape index (κ2) is 7.38. The Bertz CT molecular complexity index is 775. The number of rotatable bonds is 5. The van der Waals surface area contributed by atoms with E-state index in [-0.39, 0.29) is 0 Å². The highest BCUT2D eigenvalue weighted by molar-refractivity contribution is 5.95. The summed E-state index contributed by atoms with van der Waals surface area (Å²) in [5, 5.41) is 6.95. The van der Waals surface area contributed by atoms with E-state index in [1.54, 1.807) is 16.9 Å². The predicted octanol–water partition coefficient (Wildman–Crippen LogP) is 2.48. The molecule has 0 aliphatic heterocycles. The van der Waals surface area contributed by atoms with Crippen LogP contribution in [0.3, 0.4) is 0 Å². The van der Waals surface area contributed by atoms with E-state index in [4.69, 9.17) is 10.5 Å². The molecule has 25 heavy (non-hydrogen) atoms. The summed E-state index contributed by atoms with van der Waals surface area (Å²) < 4.78 is 6.89. The zero-order valence-corrected chi connectivity index (χ0v) is 15.0. The van der Waals surface area contributed by atoms with Crippen molar-refractivity contribution in [3.8, 4) is 11.1 Å². The molecule has 1 aromatic carbocycles. The van der Waals surface area contributed by atoms with Crippen LogP contribution < -0.4 is 11.1 Å². The van der Waals surface area contributed by atoms with Crippen LogP contribution in [0.2, 0.25) is 0 Å². The Labute approximate surface area is 147 Å². The van der Waals surface area contributed by atoms with Crippen molar-refractivity contribution in [3.63, 3.8) is 0 Å². The molecule has 0 fully saturated rings. The second-order valence-corrected chi connectivity index (χ2v) is 6.81. The van der Waals surface area contributed by atoms with Crippen LogP contribution >= 0.6 is 0 Å². The number of ether oxygens (including phenoxy) is 1. The molecule has 0 unspecified atom stereocenters. The molecule has 0 aliphatic rings. The van der Waals surface area contributed by atoms with E-state index in [9.17, 15) is 9.59 Å². The smallest absolute Gasteiger partial charge is 0.407 e. The number of carbonyl (C=O) groups excluding carboxylic acids is 2. The molecule has 2 rings (SSSR count).